The van der Waals surface area contributed by atoms with Crippen LogP contribution in [0.4, 0.5) is 10.2 Å². The van der Waals surface area contributed by atoms with Crippen LogP contribution in [0, 0.1) is 19.7 Å². The minimum Gasteiger partial charge on any atom is -0.292 e. The highest BCUT2D eigenvalue weighted by molar-refractivity contribution is 5.95. The highest BCUT2D eigenvalue weighted by Gasteiger charge is 2.33. The van der Waals surface area contributed by atoms with Crippen molar-refractivity contribution in [3.8, 4) is 0 Å². The SMILES string of the molecule is Cc1nc(C2CCCN2Cc2cnn(C)c2C)nc2c1CCC(=O)N2Cc1ccc(F)cc1. The molecule has 0 radical (unpaired) electrons. The van der Waals surface area contributed by atoms with Gasteiger partial charge in [0.05, 0.1) is 18.8 Å². The Morgan fingerprint density at radius 3 is 2.61 bits per heavy atom. The first-order chi connectivity index (χ1) is 15.9. The van der Waals surface area contributed by atoms with Gasteiger partial charge in [-0.05, 0) is 57.4 Å². The standard InChI is InChI=1S/C25H29FN6O/c1-16-21-10-11-23(33)32(14-18-6-8-20(26)9-7-18)25(21)29-24(28-16)22-5-4-12-31(22)15-19-13-27-30(3)17(19)2/h6-9,13,22H,4-5,10-12,14-15H2,1-3H3. The molecule has 172 valence electrons. The Morgan fingerprint density at radius 1 is 1.09 bits per heavy atom. The van der Waals surface area contributed by atoms with Gasteiger partial charge in [-0.15, -0.1) is 0 Å². The third kappa shape index (κ3) is 4.15. The van der Waals surface area contributed by atoms with Gasteiger partial charge in [0.25, 0.3) is 0 Å². The van der Waals surface area contributed by atoms with Gasteiger partial charge in [-0.1, -0.05) is 12.1 Å². The number of nitrogens with zero attached hydrogens (tertiary/aromatic N) is 6. The van der Waals surface area contributed by atoms with Crippen LogP contribution in [-0.2, 0) is 31.4 Å². The number of aromatic nitrogens is 4. The fraction of sp³-hybridized carbons (Fsp3) is 0.440. The van der Waals surface area contributed by atoms with Crippen LogP contribution in [-0.4, -0.2) is 37.1 Å². The second-order valence-corrected chi connectivity index (χ2v) is 9.08. The number of carbonyl (C=O) groups is 1. The third-order valence-corrected chi connectivity index (χ3v) is 6.98. The van der Waals surface area contributed by atoms with E-state index < -0.39 is 0 Å². The molecule has 0 bridgehead atoms. The van der Waals surface area contributed by atoms with Crippen LogP contribution in [0.5, 0.6) is 0 Å². The fourth-order valence-electron chi connectivity index (χ4n) is 4.91. The van der Waals surface area contributed by atoms with Gasteiger partial charge in [0.1, 0.15) is 17.5 Å². The molecule has 0 spiro atoms. The first-order valence-corrected chi connectivity index (χ1v) is 11.5. The zero-order valence-electron chi connectivity index (χ0n) is 19.4. The van der Waals surface area contributed by atoms with Crippen molar-refractivity contribution < 1.29 is 9.18 Å². The Bertz CT molecular complexity index is 1190. The molecule has 33 heavy (non-hydrogen) atoms. The summed E-state index contributed by atoms with van der Waals surface area (Å²) in [4.78, 5) is 26.9. The van der Waals surface area contributed by atoms with E-state index in [2.05, 4.69) is 16.9 Å². The summed E-state index contributed by atoms with van der Waals surface area (Å²) in [7, 11) is 1.96. The van der Waals surface area contributed by atoms with Crippen LogP contribution in [0.15, 0.2) is 30.5 Å². The van der Waals surface area contributed by atoms with Crippen LogP contribution in [0.2, 0.25) is 0 Å². The lowest BCUT2D eigenvalue weighted by molar-refractivity contribution is -0.119. The maximum atomic E-state index is 13.4. The molecule has 8 heteroatoms. The van der Waals surface area contributed by atoms with Crippen molar-refractivity contribution in [3.05, 3.63) is 70.2 Å². The van der Waals surface area contributed by atoms with Crippen LogP contribution < -0.4 is 4.90 Å². The highest BCUT2D eigenvalue weighted by Crippen LogP contribution is 2.36. The van der Waals surface area contributed by atoms with Gasteiger partial charge in [0.2, 0.25) is 5.91 Å². The monoisotopic (exact) mass is 448 g/mol. The molecule has 3 aromatic rings. The first kappa shape index (κ1) is 21.7. The van der Waals surface area contributed by atoms with E-state index in [-0.39, 0.29) is 17.8 Å². The number of hydrogen-bond donors (Lipinski definition) is 0. The summed E-state index contributed by atoms with van der Waals surface area (Å²) in [5.74, 6) is 1.26. The van der Waals surface area contributed by atoms with Gasteiger partial charge in [0.15, 0.2) is 0 Å². The molecule has 2 aromatic heterocycles. The molecular formula is C25H29FN6O. The Labute approximate surface area is 193 Å². The number of anilines is 1. The second kappa shape index (κ2) is 8.67. The summed E-state index contributed by atoms with van der Waals surface area (Å²) in [6.07, 6.45) is 5.11. The molecule has 2 aliphatic rings. The summed E-state index contributed by atoms with van der Waals surface area (Å²) in [6, 6.07) is 6.41. The Hall–Kier alpha value is -3.13. The largest absolute Gasteiger partial charge is 0.292 e. The Balaban J connectivity index is 1.46. The average molecular weight is 449 g/mol. The zero-order valence-corrected chi connectivity index (χ0v) is 19.4. The number of halogens is 1. The minimum absolute atomic E-state index is 0.0464. The molecule has 7 nitrogen and oxygen atoms in total. The fourth-order valence-corrected chi connectivity index (χ4v) is 4.91. The number of carbonyl (C=O) groups excluding carboxylic acids is 1. The smallest absolute Gasteiger partial charge is 0.228 e. The Morgan fingerprint density at radius 2 is 1.88 bits per heavy atom. The van der Waals surface area contributed by atoms with E-state index in [1.165, 1.54) is 23.4 Å². The predicted octanol–water partition coefficient (Wildman–Crippen LogP) is 3.78. The molecule has 1 aromatic carbocycles. The van der Waals surface area contributed by atoms with Crippen molar-refractivity contribution in [1.29, 1.82) is 0 Å². The molecule has 0 saturated carbocycles. The number of benzene rings is 1. The lowest BCUT2D eigenvalue weighted by Gasteiger charge is -2.31. The van der Waals surface area contributed by atoms with E-state index in [0.29, 0.717) is 25.2 Å². The molecule has 1 amide bonds. The normalized spacial score (nSPS) is 18.7. The zero-order chi connectivity index (χ0) is 23.1. The maximum Gasteiger partial charge on any atom is 0.228 e. The molecule has 1 unspecified atom stereocenters. The van der Waals surface area contributed by atoms with E-state index in [0.717, 1.165) is 48.6 Å². The lowest BCUT2D eigenvalue weighted by atomic mass is 10.0. The summed E-state index contributed by atoms with van der Waals surface area (Å²) in [5, 5.41) is 4.38. The number of amides is 1. The van der Waals surface area contributed by atoms with Gasteiger partial charge in [-0.2, -0.15) is 5.10 Å². The summed E-state index contributed by atoms with van der Waals surface area (Å²) < 4.78 is 15.3. The predicted molar refractivity (Wildman–Crippen MR) is 123 cm³/mol. The van der Waals surface area contributed by atoms with Crippen LogP contribution in [0.3, 0.4) is 0 Å². The minimum atomic E-state index is -0.283. The first-order valence-electron chi connectivity index (χ1n) is 11.5. The van der Waals surface area contributed by atoms with Gasteiger partial charge < -0.3 is 0 Å². The molecule has 0 aliphatic carbocycles. The quantitative estimate of drug-likeness (QED) is 0.594. The summed E-state index contributed by atoms with van der Waals surface area (Å²) in [5.41, 5.74) is 5.24. The Kier molecular flexibility index (Phi) is 5.70. The number of fused-ring (bicyclic) bond motifs is 1. The molecule has 1 saturated heterocycles. The number of rotatable bonds is 5. The molecule has 5 rings (SSSR count). The number of aryl methyl sites for hydroxylation is 2. The van der Waals surface area contributed by atoms with Crippen molar-refractivity contribution in [3.63, 3.8) is 0 Å². The molecule has 0 N–H and O–H groups in total. The molecular weight excluding hydrogens is 419 g/mol. The molecule has 1 atom stereocenters. The summed E-state index contributed by atoms with van der Waals surface area (Å²) >= 11 is 0. The third-order valence-electron chi connectivity index (χ3n) is 6.98. The van der Waals surface area contributed by atoms with Gasteiger partial charge >= 0.3 is 0 Å². The molecule has 1 fully saturated rings. The van der Waals surface area contributed by atoms with Crippen molar-refractivity contribution in [2.24, 2.45) is 7.05 Å². The van der Waals surface area contributed by atoms with E-state index in [1.54, 1.807) is 17.0 Å². The summed E-state index contributed by atoms with van der Waals surface area (Å²) in [6.45, 7) is 6.27. The molecule has 2 aliphatic heterocycles. The van der Waals surface area contributed by atoms with E-state index in [9.17, 15) is 9.18 Å². The highest BCUT2D eigenvalue weighted by atomic mass is 19.1. The van der Waals surface area contributed by atoms with Crippen molar-refractivity contribution in [2.75, 3.05) is 11.4 Å². The van der Waals surface area contributed by atoms with Gasteiger partial charge in [-0.25, -0.2) is 14.4 Å². The maximum absolute atomic E-state index is 13.4. The van der Waals surface area contributed by atoms with E-state index >= 15 is 0 Å². The van der Waals surface area contributed by atoms with Crippen molar-refractivity contribution in [2.45, 2.75) is 58.7 Å². The lowest BCUT2D eigenvalue weighted by Crippen LogP contribution is -2.37. The molecule has 4 heterocycles. The van der Waals surface area contributed by atoms with Gasteiger partial charge in [0, 0.05) is 42.5 Å². The average Bonchev–Trinajstić information content (AvgIpc) is 3.39. The number of hydrogen-bond acceptors (Lipinski definition) is 5. The van der Waals surface area contributed by atoms with Crippen molar-refractivity contribution >= 4 is 11.7 Å². The van der Waals surface area contributed by atoms with Crippen molar-refractivity contribution in [1.82, 2.24) is 24.6 Å². The van der Waals surface area contributed by atoms with Crippen LogP contribution >= 0.6 is 0 Å². The topological polar surface area (TPSA) is 67.2 Å². The van der Waals surface area contributed by atoms with E-state index in [1.807, 2.05) is 24.9 Å². The second-order valence-electron chi connectivity index (χ2n) is 9.08. The van der Waals surface area contributed by atoms with E-state index in [4.69, 9.17) is 9.97 Å². The van der Waals surface area contributed by atoms with Crippen LogP contribution in [0.25, 0.3) is 0 Å². The van der Waals surface area contributed by atoms with Crippen LogP contribution in [0.1, 0.15) is 59.2 Å². The van der Waals surface area contributed by atoms with Gasteiger partial charge in [-0.3, -0.25) is 19.3 Å². The number of likely N-dealkylation sites (tertiary alicyclic amines) is 1.